The standard InChI is InChI=1S/C17H23NO/c1-12(14-7-3-4-8-14)18-11-16-13(2)19-17-10-6-5-9-15(16)17/h5-6,9-10,12,14,18H,3-4,7-8,11H2,1-2H3. The molecule has 0 bridgehead atoms. The molecule has 0 amide bonds. The lowest BCUT2D eigenvalue weighted by Gasteiger charge is -2.20. The lowest BCUT2D eigenvalue weighted by molar-refractivity contribution is 0.379. The highest BCUT2D eigenvalue weighted by atomic mass is 16.3. The van der Waals surface area contributed by atoms with Crippen molar-refractivity contribution in [3.8, 4) is 0 Å². The zero-order valence-corrected chi connectivity index (χ0v) is 11.9. The number of furan rings is 1. The molecule has 0 spiro atoms. The van der Waals surface area contributed by atoms with Crippen LogP contribution in [0.25, 0.3) is 11.0 Å². The molecule has 2 aromatic rings. The van der Waals surface area contributed by atoms with Gasteiger partial charge in [-0.05, 0) is 38.7 Å². The molecule has 102 valence electrons. The fourth-order valence-electron chi connectivity index (χ4n) is 3.33. The quantitative estimate of drug-likeness (QED) is 0.877. The van der Waals surface area contributed by atoms with Crippen LogP contribution < -0.4 is 5.32 Å². The highest BCUT2D eigenvalue weighted by molar-refractivity contribution is 5.82. The predicted molar refractivity (Wildman–Crippen MR) is 79.2 cm³/mol. The Labute approximate surface area is 115 Å². The number of aryl methyl sites for hydroxylation is 1. The third-order valence-corrected chi connectivity index (χ3v) is 4.61. The summed E-state index contributed by atoms with van der Waals surface area (Å²) >= 11 is 0. The van der Waals surface area contributed by atoms with Crippen molar-refractivity contribution in [2.75, 3.05) is 0 Å². The highest BCUT2D eigenvalue weighted by Crippen LogP contribution is 2.29. The SMILES string of the molecule is Cc1oc2ccccc2c1CNC(C)C1CCCC1. The van der Waals surface area contributed by atoms with E-state index in [-0.39, 0.29) is 0 Å². The number of para-hydroxylation sites is 1. The topological polar surface area (TPSA) is 25.2 Å². The van der Waals surface area contributed by atoms with Crippen LogP contribution in [0.3, 0.4) is 0 Å². The van der Waals surface area contributed by atoms with E-state index in [0.717, 1.165) is 23.8 Å². The van der Waals surface area contributed by atoms with Gasteiger partial charge in [-0.25, -0.2) is 0 Å². The van der Waals surface area contributed by atoms with E-state index in [1.807, 2.05) is 12.1 Å². The summed E-state index contributed by atoms with van der Waals surface area (Å²) in [6.45, 7) is 5.31. The minimum Gasteiger partial charge on any atom is -0.461 e. The molecule has 2 heteroatoms. The molecule has 1 heterocycles. The van der Waals surface area contributed by atoms with E-state index in [9.17, 15) is 0 Å². The van der Waals surface area contributed by atoms with Gasteiger partial charge in [-0.3, -0.25) is 0 Å². The van der Waals surface area contributed by atoms with Gasteiger partial charge >= 0.3 is 0 Å². The molecule has 1 N–H and O–H groups in total. The number of fused-ring (bicyclic) bond motifs is 1. The molecule has 1 aliphatic rings. The molecular formula is C17H23NO. The van der Waals surface area contributed by atoms with Gasteiger partial charge in [0, 0.05) is 23.5 Å². The summed E-state index contributed by atoms with van der Waals surface area (Å²) in [4.78, 5) is 0. The summed E-state index contributed by atoms with van der Waals surface area (Å²) in [6, 6.07) is 8.93. The van der Waals surface area contributed by atoms with Gasteiger partial charge in [0.2, 0.25) is 0 Å². The third kappa shape index (κ3) is 2.55. The maximum atomic E-state index is 5.82. The Morgan fingerprint density at radius 1 is 1.26 bits per heavy atom. The van der Waals surface area contributed by atoms with Crippen molar-refractivity contribution in [2.24, 2.45) is 5.92 Å². The molecule has 0 radical (unpaired) electrons. The average molecular weight is 257 g/mol. The Morgan fingerprint density at radius 3 is 2.79 bits per heavy atom. The smallest absolute Gasteiger partial charge is 0.134 e. The number of rotatable bonds is 4. The molecule has 0 aliphatic heterocycles. The van der Waals surface area contributed by atoms with E-state index in [1.54, 1.807) is 0 Å². The molecule has 1 aromatic heterocycles. The zero-order chi connectivity index (χ0) is 13.2. The Kier molecular flexibility index (Phi) is 3.61. The summed E-state index contributed by atoms with van der Waals surface area (Å²) in [5.74, 6) is 1.91. The minimum atomic E-state index is 0.607. The van der Waals surface area contributed by atoms with Gasteiger partial charge in [0.15, 0.2) is 0 Å². The van der Waals surface area contributed by atoms with E-state index in [1.165, 1.54) is 36.6 Å². The van der Waals surface area contributed by atoms with Crippen LogP contribution in [0, 0.1) is 12.8 Å². The van der Waals surface area contributed by atoms with Gasteiger partial charge in [0.05, 0.1) is 0 Å². The van der Waals surface area contributed by atoms with Crippen LogP contribution in [-0.2, 0) is 6.54 Å². The monoisotopic (exact) mass is 257 g/mol. The number of hydrogen-bond acceptors (Lipinski definition) is 2. The second kappa shape index (κ2) is 5.38. The zero-order valence-electron chi connectivity index (χ0n) is 11.9. The van der Waals surface area contributed by atoms with Crippen molar-refractivity contribution in [1.82, 2.24) is 5.32 Å². The molecule has 1 saturated carbocycles. The van der Waals surface area contributed by atoms with Gasteiger partial charge in [-0.1, -0.05) is 31.0 Å². The van der Waals surface area contributed by atoms with Crippen LogP contribution in [0.15, 0.2) is 28.7 Å². The third-order valence-electron chi connectivity index (χ3n) is 4.61. The Bertz CT molecular complexity index is 551. The normalized spacial score (nSPS) is 18.2. The molecule has 1 aliphatic carbocycles. The lowest BCUT2D eigenvalue weighted by Crippen LogP contribution is -2.31. The van der Waals surface area contributed by atoms with Crippen molar-refractivity contribution < 1.29 is 4.42 Å². The largest absolute Gasteiger partial charge is 0.461 e. The van der Waals surface area contributed by atoms with Crippen molar-refractivity contribution in [2.45, 2.75) is 52.1 Å². The number of benzene rings is 1. The van der Waals surface area contributed by atoms with E-state index in [0.29, 0.717) is 6.04 Å². The molecule has 1 atom stereocenters. The second-order valence-corrected chi connectivity index (χ2v) is 5.85. The molecular weight excluding hydrogens is 234 g/mol. The second-order valence-electron chi connectivity index (χ2n) is 5.85. The fraction of sp³-hybridized carbons (Fsp3) is 0.529. The lowest BCUT2D eigenvalue weighted by atomic mass is 9.99. The maximum absolute atomic E-state index is 5.82. The van der Waals surface area contributed by atoms with Crippen LogP contribution in [-0.4, -0.2) is 6.04 Å². The molecule has 0 saturated heterocycles. The van der Waals surface area contributed by atoms with Crippen LogP contribution in [0.5, 0.6) is 0 Å². The Balaban J connectivity index is 1.72. The number of nitrogens with one attached hydrogen (secondary N) is 1. The summed E-state index contributed by atoms with van der Waals surface area (Å²) in [5.41, 5.74) is 2.32. The number of hydrogen-bond donors (Lipinski definition) is 1. The van der Waals surface area contributed by atoms with E-state index < -0.39 is 0 Å². The fourth-order valence-corrected chi connectivity index (χ4v) is 3.33. The van der Waals surface area contributed by atoms with Gasteiger partial charge in [0.25, 0.3) is 0 Å². The van der Waals surface area contributed by atoms with Crippen LogP contribution in [0.2, 0.25) is 0 Å². The first-order valence-corrected chi connectivity index (χ1v) is 7.46. The van der Waals surface area contributed by atoms with Crippen molar-refractivity contribution in [3.63, 3.8) is 0 Å². The van der Waals surface area contributed by atoms with Crippen LogP contribution >= 0.6 is 0 Å². The Morgan fingerprint density at radius 2 is 2.00 bits per heavy atom. The summed E-state index contributed by atoms with van der Waals surface area (Å²) in [6.07, 6.45) is 5.59. The van der Waals surface area contributed by atoms with Crippen molar-refractivity contribution >= 4 is 11.0 Å². The molecule has 2 nitrogen and oxygen atoms in total. The van der Waals surface area contributed by atoms with Crippen LogP contribution in [0.4, 0.5) is 0 Å². The van der Waals surface area contributed by atoms with Gasteiger partial charge < -0.3 is 9.73 Å². The molecule has 1 fully saturated rings. The van der Waals surface area contributed by atoms with Gasteiger partial charge in [0.1, 0.15) is 11.3 Å². The average Bonchev–Trinajstić information content (AvgIpc) is 3.03. The first-order chi connectivity index (χ1) is 9.25. The first kappa shape index (κ1) is 12.7. The summed E-state index contributed by atoms with van der Waals surface area (Å²) in [5, 5.41) is 4.96. The molecule has 1 unspecified atom stereocenters. The van der Waals surface area contributed by atoms with Gasteiger partial charge in [-0.2, -0.15) is 0 Å². The van der Waals surface area contributed by atoms with Crippen molar-refractivity contribution in [1.29, 1.82) is 0 Å². The predicted octanol–water partition coefficient (Wildman–Crippen LogP) is 4.41. The van der Waals surface area contributed by atoms with E-state index in [2.05, 4.69) is 31.3 Å². The molecule has 19 heavy (non-hydrogen) atoms. The van der Waals surface area contributed by atoms with Gasteiger partial charge in [-0.15, -0.1) is 0 Å². The minimum absolute atomic E-state index is 0.607. The molecule has 3 rings (SSSR count). The summed E-state index contributed by atoms with van der Waals surface area (Å²) in [7, 11) is 0. The summed E-state index contributed by atoms with van der Waals surface area (Å²) < 4.78 is 5.82. The van der Waals surface area contributed by atoms with Crippen LogP contribution in [0.1, 0.15) is 43.9 Å². The van der Waals surface area contributed by atoms with E-state index >= 15 is 0 Å². The maximum Gasteiger partial charge on any atom is 0.134 e. The Hall–Kier alpha value is -1.28. The van der Waals surface area contributed by atoms with Crippen molar-refractivity contribution in [3.05, 3.63) is 35.6 Å². The first-order valence-electron chi connectivity index (χ1n) is 7.46. The highest BCUT2D eigenvalue weighted by Gasteiger charge is 2.21. The van der Waals surface area contributed by atoms with E-state index in [4.69, 9.17) is 4.42 Å². The molecule has 1 aromatic carbocycles.